The summed E-state index contributed by atoms with van der Waals surface area (Å²) in [5.41, 5.74) is 1.47. The number of carbonyl (C=O) groups is 2. The van der Waals surface area contributed by atoms with Gasteiger partial charge in [0.2, 0.25) is 0 Å². The fourth-order valence-electron chi connectivity index (χ4n) is 3.28. The van der Waals surface area contributed by atoms with Crippen molar-refractivity contribution in [2.24, 2.45) is 0 Å². The monoisotopic (exact) mass is 458 g/mol. The third-order valence-electron chi connectivity index (χ3n) is 4.97. The van der Waals surface area contributed by atoms with E-state index in [4.69, 9.17) is 21.1 Å². The smallest absolute Gasteiger partial charge is 0.253 e. The first-order valence-corrected chi connectivity index (χ1v) is 10.8. The number of ether oxygens (including phenoxy) is 2. The molecule has 4 bridgehead atoms. The summed E-state index contributed by atoms with van der Waals surface area (Å²) in [6.45, 7) is 0.610. The molecular formula is C24H27ClN2O5. The van der Waals surface area contributed by atoms with Gasteiger partial charge in [0.1, 0.15) is 24.7 Å². The van der Waals surface area contributed by atoms with E-state index in [1.165, 1.54) is 11.0 Å². The van der Waals surface area contributed by atoms with Crippen LogP contribution in [0, 0.1) is 0 Å². The molecule has 32 heavy (non-hydrogen) atoms. The van der Waals surface area contributed by atoms with Gasteiger partial charge in [-0.1, -0.05) is 12.1 Å². The quantitative estimate of drug-likeness (QED) is 0.545. The van der Waals surface area contributed by atoms with Gasteiger partial charge in [0.05, 0.1) is 18.0 Å². The van der Waals surface area contributed by atoms with Crippen LogP contribution in [0.5, 0.6) is 11.5 Å². The highest BCUT2D eigenvalue weighted by Gasteiger charge is 2.23. The van der Waals surface area contributed by atoms with Crippen molar-refractivity contribution in [3.05, 3.63) is 71.3 Å². The van der Waals surface area contributed by atoms with Crippen molar-refractivity contribution >= 4 is 23.4 Å². The average molecular weight is 459 g/mol. The van der Waals surface area contributed by atoms with Gasteiger partial charge in [-0.2, -0.15) is 0 Å². The molecule has 1 heterocycles. The number of alkyl halides is 1. The minimum atomic E-state index is -0.964. The van der Waals surface area contributed by atoms with E-state index >= 15 is 0 Å². The van der Waals surface area contributed by atoms with Crippen LogP contribution < -0.4 is 14.8 Å². The summed E-state index contributed by atoms with van der Waals surface area (Å²) < 4.78 is 11.5. The number of nitrogens with zero attached hydrogens (tertiary/aromatic N) is 1. The summed E-state index contributed by atoms with van der Waals surface area (Å²) in [6, 6.07) is 11.5. The van der Waals surface area contributed by atoms with Crippen LogP contribution >= 0.6 is 11.6 Å². The number of hydrogen-bond acceptors (Lipinski definition) is 5. The fourth-order valence-corrected chi connectivity index (χ4v) is 3.49. The van der Waals surface area contributed by atoms with Gasteiger partial charge in [-0.3, -0.25) is 9.59 Å². The number of halogens is 1. The van der Waals surface area contributed by atoms with Crippen LogP contribution in [0.25, 0.3) is 0 Å². The molecule has 0 saturated carbocycles. The van der Waals surface area contributed by atoms with Crippen molar-refractivity contribution < 1.29 is 24.2 Å². The number of aliphatic hydroxyl groups is 1. The molecule has 0 spiro atoms. The Bertz CT molecular complexity index is 992. The maximum atomic E-state index is 13.1. The predicted octanol–water partition coefficient (Wildman–Crippen LogP) is 2.66. The standard InChI is InChI=1S/C24H27ClN2O5/c1-27(2)24(30)18-12-17-13-20(14-18)32-9-4-3-8-31-19-7-5-6-16(10-19)11-21(22(28)15-25)26-23(17)29/h3-7,10,12-14,21-22,28H,8-9,11,15H2,1-2H3,(H,26,29)/t21-,22+/m0/s1. The zero-order valence-electron chi connectivity index (χ0n) is 18.1. The zero-order valence-corrected chi connectivity index (χ0v) is 18.8. The minimum Gasteiger partial charge on any atom is -0.490 e. The molecule has 7 nitrogen and oxygen atoms in total. The topological polar surface area (TPSA) is 88.1 Å². The fraction of sp³-hybridized carbons (Fsp3) is 0.333. The van der Waals surface area contributed by atoms with Crippen LogP contribution in [-0.4, -0.2) is 67.2 Å². The van der Waals surface area contributed by atoms with Gasteiger partial charge in [-0.25, -0.2) is 0 Å². The van der Waals surface area contributed by atoms with Gasteiger partial charge in [0, 0.05) is 25.2 Å². The number of fused-ring (bicyclic) bond motifs is 4. The van der Waals surface area contributed by atoms with Crippen LogP contribution in [0.1, 0.15) is 26.3 Å². The summed E-state index contributed by atoms with van der Waals surface area (Å²) in [5, 5.41) is 13.3. The van der Waals surface area contributed by atoms with Crippen molar-refractivity contribution in [2.45, 2.75) is 18.6 Å². The normalized spacial score (nSPS) is 17.5. The number of aliphatic hydroxyl groups excluding tert-OH is 1. The van der Waals surface area contributed by atoms with Crippen LogP contribution in [0.2, 0.25) is 0 Å². The van der Waals surface area contributed by atoms with E-state index in [0.717, 1.165) is 5.56 Å². The third-order valence-corrected chi connectivity index (χ3v) is 5.29. The number of rotatable bonds is 3. The molecule has 2 amide bonds. The Kier molecular flexibility index (Phi) is 8.14. The summed E-state index contributed by atoms with van der Waals surface area (Å²) in [4.78, 5) is 27.0. The largest absolute Gasteiger partial charge is 0.490 e. The first-order chi connectivity index (χ1) is 15.4. The van der Waals surface area contributed by atoms with E-state index in [0.29, 0.717) is 30.1 Å². The molecule has 170 valence electrons. The second-order valence-electron chi connectivity index (χ2n) is 7.69. The summed E-state index contributed by atoms with van der Waals surface area (Å²) in [7, 11) is 3.27. The molecule has 0 radical (unpaired) electrons. The van der Waals surface area contributed by atoms with Crippen molar-refractivity contribution in [1.29, 1.82) is 0 Å². The van der Waals surface area contributed by atoms with Crippen LogP contribution in [-0.2, 0) is 6.42 Å². The molecule has 1 aliphatic heterocycles. The summed E-state index contributed by atoms with van der Waals surface area (Å²) in [6.07, 6.45) is 3.03. The Morgan fingerprint density at radius 1 is 1.16 bits per heavy atom. The highest BCUT2D eigenvalue weighted by Crippen LogP contribution is 2.21. The van der Waals surface area contributed by atoms with E-state index in [1.807, 2.05) is 36.4 Å². The van der Waals surface area contributed by atoms with Gasteiger partial charge in [-0.15, -0.1) is 11.6 Å². The molecule has 0 fully saturated rings. The van der Waals surface area contributed by atoms with Crippen LogP contribution in [0.3, 0.4) is 0 Å². The third kappa shape index (κ3) is 6.24. The number of hydrogen-bond donors (Lipinski definition) is 2. The molecular weight excluding hydrogens is 432 g/mol. The molecule has 0 saturated heterocycles. The molecule has 0 unspecified atom stereocenters. The number of nitrogens with one attached hydrogen (secondary N) is 1. The lowest BCUT2D eigenvalue weighted by molar-refractivity contribution is 0.0827. The lowest BCUT2D eigenvalue weighted by Gasteiger charge is -2.23. The Hall–Kier alpha value is -3.03. The first kappa shape index (κ1) is 23.6. The molecule has 2 aromatic carbocycles. The van der Waals surface area contributed by atoms with E-state index in [2.05, 4.69) is 5.32 Å². The Balaban J connectivity index is 1.98. The van der Waals surface area contributed by atoms with Crippen molar-refractivity contribution in [2.75, 3.05) is 33.2 Å². The maximum absolute atomic E-state index is 13.1. The summed E-state index contributed by atoms with van der Waals surface area (Å²) in [5.74, 6) is 0.340. The zero-order chi connectivity index (χ0) is 23.1. The second-order valence-corrected chi connectivity index (χ2v) is 8.00. The highest BCUT2D eigenvalue weighted by atomic mass is 35.5. The van der Waals surface area contributed by atoms with E-state index in [1.54, 1.807) is 26.2 Å². The number of amides is 2. The lowest BCUT2D eigenvalue weighted by Crippen LogP contribution is -2.45. The van der Waals surface area contributed by atoms with Crippen molar-refractivity contribution in [3.8, 4) is 11.5 Å². The molecule has 2 N–H and O–H groups in total. The van der Waals surface area contributed by atoms with Crippen molar-refractivity contribution in [1.82, 2.24) is 10.2 Å². The molecule has 2 atom stereocenters. The van der Waals surface area contributed by atoms with Gasteiger partial charge in [-0.05, 0) is 54.5 Å². The van der Waals surface area contributed by atoms with E-state index < -0.39 is 18.1 Å². The molecule has 0 aliphatic carbocycles. The molecule has 2 aromatic rings. The second kappa shape index (κ2) is 11.0. The highest BCUT2D eigenvalue weighted by molar-refractivity contribution is 6.18. The lowest BCUT2D eigenvalue weighted by atomic mass is 10.0. The predicted molar refractivity (Wildman–Crippen MR) is 123 cm³/mol. The number of benzene rings is 2. The van der Waals surface area contributed by atoms with Gasteiger partial charge < -0.3 is 24.8 Å². The number of carbonyl (C=O) groups excluding carboxylic acids is 2. The van der Waals surface area contributed by atoms with Gasteiger partial charge >= 0.3 is 0 Å². The minimum absolute atomic E-state index is 0.0422. The molecule has 1 aliphatic rings. The van der Waals surface area contributed by atoms with E-state index in [-0.39, 0.29) is 24.0 Å². The molecule has 8 heteroatoms. The Labute approximate surface area is 192 Å². The molecule has 0 aromatic heterocycles. The average Bonchev–Trinajstić information content (AvgIpc) is 2.79. The van der Waals surface area contributed by atoms with Crippen molar-refractivity contribution in [3.63, 3.8) is 0 Å². The van der Waals surface area contributed by atoms with Crippen LogP contribution in [0.4, 0.5) is 0 Å². The molecule has 3 rings (SSSR count). The maximum Gasteiger partial charge on any atom is 0.253 e. The Morgan fingerprint density at radius 3 is 2.56 bits per heavy atom. The van der Waals surface area contributed by atoms with Crippen LogP contribution in [0.15, 0.2) is 54.6 Å². The van der Waals surface area contributed by atoms with Gasteiger partial charge in [0.25, 0.3) is 11.8 Å². The Morgan fingerprint density at radius 2 is 1.88 bits per heavy atom. The van der Waals surface area contributed by atoms with E-state index in [9.17, 15) is 14.7 Å². The summed E-state index contributed by atoms with van der Waals surface area (Å²) >= 11 is 5.90. The SMILES string of the molecule is CN(C)C(=O)c1cc2cc(c1)C(=O)N[C@H]([C@H](O)CCl)Cc1cccc(c1)OCC=CCO2. The van der Waals surface area contributed by atoms with Gasteiger partial charge in [0.15, 0.2) is 0 Å². The first-order valence-electron chi connectivity index (χ1n) is 10.3.